The van der Waals surface area contributed by atoms with Crippen LogP contribution in [0.25, 0.3) is 0 Å². The van der Waals surface area contributed by atoms with Gasteiger partial charge in [0, 0.05) is 24.0 Å². The molecule has 3 nitrogen and oxygen atoms in total. The van der Waals surface area contributed by atoms with Crippen molar-refractivity contribution in [3.8, 4) is 0 Å². The minimum absolute atomic E-state index is 0.238. The fourth-order valence-electron chi connectivity index (χ4n) is 2.76. The third-order valence-corrected chi connectivity index (χ3v) is 5.44. The number of likely N-dealkylation sites (tertiary alicyclic amines) is 1. The van der Waals surface area contributed by atoms with Crippen LogP contribution in [0.15, 0.2) is 17.5 Å². The molecule has 0 saturated carbocycles. The molecule has 1 amide bonds. The molecule has 1 aliphatic heterocycles. The van der Waals surface area contributed by atoms with Crippen LogP contribution >= 0.6 is 11.3 Å². The van der Waals surface area contributed by atoms with Gasteiger partial charge in [0.1, 0.15) is 0 Å². The first-order chi connectivity index (χ1) is 8.93. The maximum absolute atomic E-state index is 12.7. The van der Waals surface area contributed by atoms with Crippen LogP contribution in [0.1, 0.15) is 38.5 Å². The zero-order chi connectivity index (χ0) is 14.0. The Balaban J connectivity index is 2.02. The van der Waals surface area contributed by atoms with Crippen LogP contribution < -0.4 is 5.73 Å². The maximum Gasteiger partial charge on any atom is 0.233 e. The molecule has 1 aromatic heterocycles. The van der Waals surface area contributed by atoms with Crippen LogP contribution in [0.3, 0.4) is 0 Å². The van der Waals surface area contributed by atoms with Crippen LogP contribution in [-0.4, -0.2) is 29.9 Å². The molecule has 106 valence electrons. The normalized spacial score (nSPS) is 19.5. The van der Waals surface area contributed by atoms with Crippen LogP contribution in [0.2, 0.25) is 0 Å². The predicted molar refractivity (Wildman–Crippen MR) is 80.3 cm³/mol. The van der Waals surface area contributed by atoms with E-state index in [2.05, 4.69) is 13.0 Å². The number of nitrogens with zero attached hydrogens (tertiary/aromatic N) is 1. The average Bonchev–Trinajstić information content (AvgIpc) is 2.92. The van der Waals surface area contributed by atoms with Crippen molar-refractivity contribution >= 4 is 17.2 Å². The zero-order valence-electron chi connectivity index (χ0n) is 12.1. The Kier molecular flexibility index (Phi) is 4.31. The lowest BCUT2D eigenvalue weighted by molar-refractivity contribution is -0.137. The van der Waals surface area contributed by atoms with Gasteiger partial charge in [-0.2, -0.15) is 0 Å². The Morgan fingerprint density at radius 2 is 2.11 bits per heavy atom. The monoisotopic (exact) mass is 280 g/mol. The highest BCUT2D eigenvalue weighted by atomic mass is 32.1. The average molecular weight is 280 g/mol. The summed E-state index contributed by atoms with van der Waals surface area (Å²) in [6, 6.07) is 4.30. The van der Waals surface area contributed by atoms with E-state index in [9.17, 15) is 4.79 Å². The second-order valence-electron chi connectivity index (χ2n) is 6.09. The Labute approximate surface area is 119 Å². The van der Waals surface area contributed by atoms with E-state index in [0.29, 0.717) is 5.92 Å². The summed E-state index contributed by atoms with van der Waals surface area (Å²) in [6.07, 6.45) is 2.06. The summed E-state index contributed by atoms with van der Waals surface area (Å²) >= 11 is 1.66. The molecule has 2 heterocycles. The molecule has 0 radical (unpaired) electrons. The molecule has 0 bridgehead atoms. The summed E-state index contributed by atoms with van der Waals surface area (Å²) in [5.74, 6) is 0.812. The van der Waals surface area contributed by atoms with Crippen molar-refractivity contribution in [2.75, 3.05) is 13.1 Å². The number of thiophene rings is 1. The summed E-state index contributed by atoms with van der Waals surface area (Å²) in [4.78, 5) is 15.9. The van der Waals surface area contributed by atoms with Gasteiger partial charge >= 0.3 is 0 Å². The second kappa shape index (κ2) is 5.63. The van der Waals surface area contributed by atoms with E-state index in [1.165, 1.54) is 0 Å². The SMILES string of the molecule is CC(N)C1CCN(C(=O)C(C)(C)c2cccs2)CC1. The van der Waals surface area contributed by atoms with Crippen molar-refractivity contribution in [3.63, 3.8) is 0 Å². The first-order valence-electron chi connectivity index (χ1n) is 7.02. The highest BCUT2D eigenvalue weighted by molar-refractivity contribution is 7.10. The van der Waals surface area contributed by atoms with Gasteiger partial charge in [-0.25, -0.2) is 0 Å². The zero-order valence-corrected chi connectivity index (χ0v) is 12.9. The molecule has 1 unspecified atom stereocenters. The number of rotatable bonds is 3. The van der Waals surface area contributed by atoms with E-state index in [4.69, 9.17) is 5.73 Å². The van der Waals surface area contributed by atoms with E-state index in [0.717, 1.165) is 30.8 Å². The van der Waals surface area contributed by atoms with E-state index in [1.807, 2.05) is 30.2 Å². The van der Waals surface area contributed by atoms with Crippen molar-refractivity contribution in [1.29, 1.82) is 0 Å². The fraction of sp³-hybridized carbons (Fsp3) is 0.667. The van der Waals surface area contributed by atoms with Gasteiger partial charge in [0.2, 0.25) is 5.91 Å². The number of amides is 1. The van der Waals surface area contributed by atoms with Gasteiger partial charge in [-0.15, -0.1) is 11.3 Å². The van der Waals surface area contributed by atoms with Crippen molar-refractivity contribution in [1.82, 2.24) is 4.90 Å². The Bertz CT molecular complexity index is 417. The minimum atomic E-state index is -0.407. The molecular weight excluding hydrogens is 256 g/mol. The molecule has 19 heavy (non-hydrogen) atoms. The molecular formula is C15H24N2OS. The van der Waals surface area contributed by atoms with E-state index >= 15 is 0 Å². The van der Waals surface area contributed by atoms with Crippen molar-refractivity contribution < 1.29 is 4.79 Å². The largest absolute Gasteiger partial charge is 0.342 e. The number of carbonyl (C=O) groups excluding carboxylic acids is 1. The molecule has 1 saturated heterocycles. The fourth-order valence-corrected chi connectivity index (χ4v) is 3.61. The lowest BCUT2D eigenvalue weighted by Crippen LogP contribution is -2.48. The lowest BCUT2D eigenvalue weighted by atomic mass is 9.86. The Morgan fingerprint density at radius 3 is 2.58 bits per heavy atom. The van der Waals surface area contributed by atoms with Crippen molar-refractivity contribution in [2.45, 2.75) is 45.1 Å². The quantitative estimate of drug-likeness (QED) is 0.925. The molecule has 1 fully saturated rings. The molecule has 0 aromatic carbocycles. The van der Waals surface area contributed by atoms with Crippen molar-refractivity contribution in [3.05, 3.63) is 22.4 Å². The Morgan fingerprint density at radius 1 is 1.47 bits per heavy atom. The minimum Gasteiger partial charge on any atom is -0.342 e. The molecule has 1 atom stereocenters. The van der Waals surface area contributed by atoms with Gasteiger partial charge in [0.25, 0.3) is 0 Å². The number of piperidine rings is 1. The van der Waals surface area contributed by atoms with Crippen molar-refractivity contribution in [2.24, 2.45) is 11.7 Å². The van der Waals surface area contributed by atoms with E-state index < -0.39 is 5.41 Å². The van der Waals surface area contributed by atoms with Gasteiger partial charge in [0.05, 0.1) is 5.41 Å². The summed E-state index contributed by atoms with van der Waals surface area (Å²) in [5, 5.41) is 2.03. The number of carbonyl (C=O) groups is 1. The van der Waals surface area contributed by atoms with Crippen LogP contribution in [0.4, 0.5) is 0 Å². The first-order valence-corrected chi connectivity index (χ1v) is 7.90. The van der Waals surface area contributed by atoms with Gasteiger partial charge in [-0.3, -0.25) is 4.79 Å². The number of nitrogens with two attached hydrogens (primary N) is 1. The standard InChI is InChI=1S/C15H24N2OS/c1-11(16)12-6-8-17(9-7-12)14(18)15(2,3)13-5-4-10-19-13/h4-5,10-12H,6-9,16H2,1-3H3. The van der Waals surface area contributed by atoms with E-state index in [-0.39, 0.29) is 11.9 Å². The molecule has 2 rings (SSSR count). The predicted octanol–water partition coefficient (Wildman–Crippen LogP) is 2.61. The molecule has 0 spiro atoms. The summed E-state index contributed by atoms with van der Waals surface area (Å²) in [6.45, 7) is 7.81. The summed E-state index contributed by atoms with van der Waals surface area (Å²) in [7, 11) is 0. The highest BCUT2D eigenvalue weighted by Crippen LogP contribution is 2.31. The first kappa shape index (κ1) is 14.5. The number of hydrogen-bond acceptors (Lipinski definition) is 3. The highest BCUT2D eigenvalue weighted by Gasteiger charge is 2.36. The number of hydrogen-bond donors (Lipinski definition) is 1. The summed E-state index contributed by atoms with van der Waals surface area (Å²) < 4.78 is 0. The van der Waals surface area contributed by atoms with E-state index in [1.54, 1.807) is 11.3 Å². The van der Waals surface area contributed by atoms with Gasteiger partial charge in [-0.05, 0) is 51.0 Å². The van der Waals surface area contributed by atoms with Crippen LogP contribution in [-0.2, 0) is 10.2 Å². The third kappa shape index (κ3) is 3.00. The smallest absolute Gasteiger partial charge is 0.233 e. The molecule has 0 aliphatic carbocycles. The van der Waals surface area contributed by atoms with Crippen LogP contribution in [0, 0.1) is 5.92 Å². The summed E-state index contributed by atoms with van der Waals surface area (Å²) in [5.41, 5.74) is 5.54. The molecule has 1 aliphatic rings. The topological polar surface area (TPSA) is 46.3 Å². The van der Waals surface area contributed by atoms with Gasteiger partial charge in [-0.1, -0.05) is 6.07 Å². The molecule has 4 heteroatoms. The maximum atomic E-state index is 12.7. The Hall–Kier alpha value is -0.870. The third-order valence-electron chi connectivity index (χ3n) is 4.24. The molecule has 1 aromatic rings. The van der Waals surface area contributed by atoms with Gasteiger partial charge < -0.3 is 10.6 Å². The lowest BCUT2D eigenvalue weighted by Gasteiger charge is -2.37. The van der Waals surface area contributed by atoms with Crippen LogP contribution in [0.5, 0.6) is 0 Å². The van der Waals surface area contributed by atoms with Gasteiger partial charge in [0.15, 0.2) is 0 Å². The second-order valence-corrected chi connectivity index (χ2v) is 7.04. The molecule has 2 N–H and O–H groups in total.